The fourth-order valence-electron chi connectivity index (χ4n) is 4.16. The average Bonchev–Trinajstić information content (AvgIpc) is 3.30. The summed E-state index contributed by atoms with van der Waals surface area (Å²) >= 11 is 0. The predicted molar refractivity (Wildman–Crippen MR) is 151 cm³/mol. The SMILES string of the molecule is Cc1ccc(OCc2nc(-c3ccc(C(=O)NCCCN(Cc4ccccc4)C(C)C)cc3)oc2C)cc1. The Hall–Kier alpha value is -3.90. The van der Waals surface area contributed by atoms with Gasteiger partial charge in [0.1, 0.15) is 23.8 Å². The van der Waals surface area contributed by atoms with Gasteiger partial charge in [0.2, 0.25) is 5.89 Å². The minimum Gasteiger partial charge on any atom is -0.487 e. The van der Waals surface area contributed by atoms with Crippen LogP contribution < -0.4 is 10.1 Å². The molecule has 0 saturated heterocycles. The molecular weight excluding hydrogens is 474 g/mol. The van der Waals surface area contributed by atoms with Crippen LogP contribution in [0, 0.1) is 13.8 Å². The molecule has 0 atom stereocenters. The van der Waals surface area contributed by atoms with E-state index in [0.29, 0.717) is 30.6 Å². The third-order valence-corrected chi connectivity index (χ3v) is 6.55. The van der Waals surface area contributed by atoms with Crippen LogP contribution in [0.15, 0.2) is 83.3 Å². The lowest BCUT2D eigenvalue weighted by Gasteiger charge is -2.26. The Kier molecular flexibility index (Phi) is 9.33. The summed E-state index contributed by atoms with van der Waals surface area (Å²) in [7, 11) is 0. The van der Waals surface area contributed by atoms with Crippen molar-refractivity contribution in [3.05, 3.63) is 107 Å². The van der Waals surface area contributed by atoms with Gasteiger partial charge in [0.25, 0.3) is 5.91 Å². The maximum absolute atomic E-state index is 12.7. The van der Waals surface area contributed by atoms with Crippen LogP contribution in [-0.2, 0) is 13.2 Å². The molecule has 1 N–H and O–H groups in total. The predicted octanol–water partition coefficient (Wildman–Crippen LogP) is 6.57. The number of carbonyl (C=O) groups is 1. The molecule has 0 spiro atoms. The van der Waals surface area contributed by atoms with Gasteiger partial charge >= 0.3 is 0 Å². The van der Waals surface area contributed by atoms with Crippen molar-refractivity contribution < 1.29 is 13.9 Å². The smallest absolute Gasteiger partial charge is 0.251 e. The number of hydrogen-bond donors (Lipinski definition) is 1. The first-order valence-corrected chi connectivity index (χ1v) is 13.2. The van der Waals surface area contributed by atoms with Gasteiger partial charge in [-0.3, -0.25) is 9.69 Å². The van der Waals surface area contributed by atoms with E-state index in [-0.39, 0.29) is 5.91 Å². The Bertz CT molecular complexity index is 1300. The quantitative estimate of drug-likeness (QED) is 0.218. The van der Waals surface area contributed by atoms with Crippen LogP contribution in [0.2, 0.25) is 0 Å². The second-order valence-corrected chi connectivity index (χ2v) is 9.86. The van der Waals surface area contributed by atoms with E-state index in [1.54, 1.807) is 0 Å². The van der Waals surface area contributed by atoms with Crippen molar-refractivity contribution in [1.82, 2.24) is 15.2 Å². The number of amides is 1. The van der Waals surface area contributed by atoms with Gasteiger partial charge in [-0.1, -0.05) is 48.0 Å². The lowest BCUT2D eigenvalue weighted by Crippen LogP contribution is -2.34. The summed E-state index contributed by atoms with van der Waals surface area (Å²) < 4.78 is 11.7. The number of oxazole rings is 1. The lowest BCUT2D eigenvalue weighted by molar-refractivity contribution is 0.0950. The highest BCUT2D eigenvalue weighted by atomic mass is 16.5. The highest BCUT2D eigenvalue weighted by Crippen LogP contribution is 2.23. The van der Waals surface area contributed by atoms with Crippen LogP contribution in [0.5, 0.6) is 5.75 Å². The monoisotopic (exact) mass is 511 g/mol. The average molecular weight is 512 g/mol. The van der Waals surface area contributed by atoms with Crippen LogP contribution >= 0.6 is 0 Å². The van der Waals surface area contributed by atoms with Crippen LogP contribution in [-0.4, -0.2) is 34.9 Å². The first kappa shape index (κ1) is 27.1. The molecule has 0 fully saturated rings. The number of nitrogens with zero attached hydrogens (tertiary/aromatic N) is 2. The molecule has 4 aromatic rings. The molecule has 1 amide bonds. The van der Waals surface area contributed by atoms with Gasteiger partial charge < -0.3 is 14.5 Å². The van der Waals surface area contributed by atoms with Gasteiger partial charge in [-0.05, 0) is 76.1 Å². The molecule has 38 heavy (non-hydrogen) atoms. The maximum Gasteiger partial charge on any atom is 0.251 e. The van der Waals surface area contributed by atoms with Crippen molar-refractivity contribution in [1.29, 1.82) is 0 Å². The van der Waals surface area contributed by atoms with Crippen molar-refractivity contribution in [3.8, 4) is 17.2 Å². The molecule has 0 aliphatic carbocycles. The number of hydrogen-bond acceptors (Lipinski definition) is 5. The van der Waals surface area contributed by atoms with E-state index < -0.39 is 0 Å². The number of nitrogens with one attached hydrogen (secondary N) is 1. The van der Waals surface area contributed by atoms with Gasteiger partial charge in [0, 0.05) is 36.8 Å². The van der Waals surface area contributed by atoms with E-state index in [1.165, 1.54) is 11.1 Å². The van der Waals surface area contributed by atoms with E-state index in [9.17, 15) is 4.79 Å². The summed E-state index contributed by atoms with van der Waals surface area (Å²) in [5.41, 5.74) is 4.68. The van der Waals surface area contributed by atoms with Gasteiger partial charge in [0.05, 0.1) is 0 Å². The van der Waals surface area contributed by atoms with Gasteiger partial charge in [-0.2, -0.15) is 0 Å². The highest BCUT2D eigenvalue weighted by molar-refractivity contribution is 5.94. The highest BCUT2D eigenvalue weighted by Gasteiger charge is 2.14. The summed E-state index contributed by atoms with van der Waals surface area (Å²) in [6.45, 7) is 11.1. The number of benzene rings is 3. The molecule has 4 rings (SSSR count). The Morgan fingerprint density at radius 1 is 0.974 bits per heavy atom. The number of carbonyl (C=O) groups excluding carboxylic acids is 1. The minimum absolute atomic E-state index is 0.0773. The van der Waals surface area contributed by atoms with Crippen molar-refractivity contribution in [3.63, 3.8) is 0 Å². The normalized spacial score (nSPS) is 11.2. The largest absolute Gasteiger partial charge is 0.487 e. The molecule has 3 aromatic carbocycles. The molecule has 1 aromatic heterocycles. The third kappa shape index (κ3) is 7.56. The van der Waals surface area contributed by atoms with Crippen LogP contribution in [0.25, 0.3) is 11.5 Å². The summed E-state index contributed by atoms with van der Waals surface area (Å²) in [6, 6.07) is 26.2. The van der Waals surface area contributed by atoms with E-state index >= 15 is 0 Å². The fourth-order valence-corrected chi connectivity index (χ4v) is 4.16. The van der Waals surface area contributed by atoms with Crippen molar-refractivity contribution >= 4 is 5.91 Å². The molecule has 6 nitrogen and oxygen atoms in total. The van der Waals surface area contributed by atoms with Crippen molar-refractivity contribution in [2.45, 2.75) is 53.3 Å². The molecule has 198 valence electrons. The van der Waals surface area contributed by atoms with Gasteiger partial charge in [0.15, 0.2) is 0 Å². The molecule has 0 aliphatic rings. The van der Waals surface area contributed by atoms with Gasteiger partial charge in [-0.15, -0.1) is 0 Å². The molecule has 0 aliphatic heterocycles. The Morgan fingerprint density at radius 2 is 1.68 bits per heavy atom. The molecule has 6 heteroatoms. The molecule has 1 heterocycles. The number of rotatable bonds is 12. The Labute approximate surface area is 225 Å². The summed E-state index contributed by atoms with van der Waals surface area (Å²) in [6.07, 6.45) is 0.887. The number of aryl methyl sites for hydroxylation is 2. The fraction of sp³-hybridized carbons (Fsp3) is 0.312. The molecule has 0 radical (unpaired) electrons. The van der Waals surface area contributed by atoms with Crippen LogP contribution in [0.4, 0.5) is 0 Å². The zero-order valence-corrected chi connectivity index (χ0v) is 22.7. The summed E-state index contributed by atoms with van der Waals surface area (Å²) in [5.74, 6) is 1.95. The standard InChI is InChI=1S/C32H37N3O3/c1-23(2)35(21-26-9-6-5-7-10-26)20-8-19-33-31(36)27-13-15-28(16-14-27)32-34-30(25(4)38-32)22-37-29-17-11-24(3)12-18-29/h5-7,9-18,23H,8,19-22H2,1-4H3,(H,33,36). The van der Waals surface area contributed by atoms with Gasteiger partial charge in [-0.25, -0.2) is 4.98 Å². The zero-order chi connectivity index (χ0) is 26.9. The van der Waals surface area contributed by atoms with Crippen LogP contribution in [0.1, 0.15) is 53.2 Å². The first-order chi connectivity index (χ1) is 18.4. The minimum atomic E-state index is -0.0773. The van der Waals surface area contributed by atoms with E-state index in [0.717, 1.165) is 42.3 Å². The molecule has 0 bridgehead atoms. The van der Waals surface area contributed by atoms with E-state index in [1.807, 2.05) is 68.4 Å². The first-order valence-electron chi connectivity index (χ1n) is 13.2. The molecular formula is C32H37N3O3. The Morgan fingerprint density at radius 3 is 2.37 bits per heavy atom. The van der Waals surface area contributed by atoms with Crippen molar-refractivity contribution in [2.24, 2.45) is 0 Å². The maximum atomic E-state index is 12.7. The zero-order valence-electron chi connectivity index (χ0n) is 22.7. The van der Waals surface area contributed by atoms with E-state index in [4.69, 9.17) is 9.15 Å². The summed E-state index contributed by atoms with van der Waals surface area (Å²) in [5, 5.41) is 3.04. The van der Waals surface area contributed by atoms with Crippen molar-refractivity contribution in [2.75, 3.05) is 13.1 Å². The second-order valence-electron chi connectivity index (χ2n) is 9.86. The number of aromatic nitrogens is 1. The number of ether oxygens (including phenoxy) is 1. The lowest BCUT2D eigenvalue weighted by atomic mass is 10.1. The topological polar surface area (TPSA) is 67.6 Å². The summed E-state index contributed by atoms with van der Waals surface area (Å²) in [4.78, 5) is 19.7. The van der Waals surface area contributed by atoms with Crippen LogP contribution in [0.3, 0.4) is 0 Å². The second kappa shape index (κ2) is 13.1. The molecule has 0 unspecified atom stereocenters. The molecule has 0 saturated carbocycles. The van der Waals surface area contributed by atoms with E-state index in [2.05, 4.69) is 53.3 Å². The third-order valence-electron chi connectivity index (χ3n) is 6.55. The Balaban J connectivity index is 1.26.